The summed E-state index contributed by atoms with van der Waals surface area (Å²) in [5.41, 5.74) is 0. The minimum Gasteiger partial charge on any atom is -0.354 e. The summed E-state index contributed by atoms with van der Waals surface area (Å²) in [4.78, 5) is 14.2. The van der Waals surface area contributed by atoms with Gasteiger partial charge in [-0.25, -0.2) is 0 Å². The fraction of sp³-hybridized carbons (Fsp3) is 0.917. The lowest BCUT2D eigenvalue weighted by Gasteiger charge is -2.15. The Bertz CT molecular complexity index is 238. The van der Waals surface area contributed by atoms with Crippen LogP contribution in [0.5, 0.6) is 0 Å². The zero-order chi connectivity index (χ0) is 11.4. The van der Waals surface area contributed by atoms with Crippen LogP contribution in [0.1, 0.15) is 26.2 Å². The van der Waals surface area contributed by atoms with Crippen molar-refractivity contribution in [1.29, 1.82) is 0 Å². The molecule has 92 valence electrons. The minimum atomic E-state index is 0.0729. The van der Waals surface area contributed by atoms with Gasteiger partial charge in [-0.15, -0.1) is 0 Å². The zero-order valence-electron chi connectivity index (χ0n) is 10.2. The highest BCUT2D eigenvalue weighted by Crippen LogP contribution is 2.14. The second kappa shape index (κ2) is 5.64. The Morgan fingerprint density at radius 2 is 2.38 bits per heavy atom. The van der Waals surface area contributed by atoms with Crippen LogP contribution in [-0.4, -0.2) is 49.6 Å². The van der Waals surface area contributed by atoms with E-state index in [9.17, 15) is 4.79 Å². The standard InChI is InChI=1S/C12H23N3O/c1-2-15-7-5-10(9-15)8-14-12(16)11-4-3-6-13-11/h10-11,13H,2-9H2,1H3,(H,14,16)/t10?,11-/m1/s1. The monoisotopic (exact) mass is 225 g/mol. The third-order valence-electron chi connectivity index (χ3n) is 3.76. The Morgan fingerprint density at radius 1 is 1.50 bits per heavy atom. The largest absolute Gasteiger partial charge is 0.354 e. The molecule has 0 bridgehead atoms. The average molecular weight is 225 g/mol. The molecule has 2 aliphatic heterocycles. The number of hydrogen-bond acceptors (Lipinski definition) is 3. The number of carbonyl (C=O) groups is 1. The smallest absolute Gasteiger partial charge is 0.237 e. The van der Waals surface area contributed by atoms with Crippen molar-refractivity contribution in [3.05, 3.63) is 0 Å². The molecular weight excluding hydrogens is 202 g/mol. The number of amides is 1. The van der Waals surface area contributed by atoms with Gasteiger partial charge in [0.2, 0.25) is 5.91 Å². The van der Waals surface area contributed by atoms with Crippen molar-refractivity contribution in [3.8, 4) is 0 Å². The number of likely N-dealkylation sites (tertiary alicyclic amines) is 1. The van der Waals surface area contributed by atoms with E-state index in [4.69, 9.17) is 0 Å². The van der Waals surface area contributed by atoms with Gasteiger partial charge in [-0.2, -0.15) is 0 Å². The average Bonchev–Trinajstić information content (AvgIpc) is 2.96. The quantitative estimate of drug-likeness (QED) is 0.718. The van der Waals surface area contributed by atoms with Crippen molar-refractivity contribution < 1.29 is 4.79 Å². The molecule has 16 heavy (non-hydrogen) atoms. The summed E-state index contributed by atoms with van der Waals surface area (Å²) >= 11 is 0. The van der Waals surface area contributed by atoms with Crippen LogP contribution in [-0.2, 0) is 4.79 Å². The second-order valence-electron chi connectivity index (χ2n) is 4.94. The molecule has 2 heterocycles. The molecule has 2 N–H and O–H groups in total. The van der Waals surface area contributed by atoms with E-state index in [1.54, 1.807) is 0 Å². The molecule has 0 aromatic carbocycles. The summed E-state index contributed by atoms with van der Waals surface area (Å²) in [7, 11) is 0. The van der Waals surface area contributed by atoms with Crippen LogP contribution in [0.15, 0.2) is 0 Å². The van der Waals surface area contributed by atoms with E-state index in [0.717, 1.165) is 39.0 Å². The Morgan fingerprint density at radius 3 is 3.00 bits per heavy atom. The molecule has 0 radical (unpaired) electrons. The number of carbonyl (C=O) groups excluding carboxylic acids is 1. The van der Waals surface area contributed by atoms with E-state index in [0.29, 0.717) is 5.92 Å². The van der Waals surface area contributed by atoms with E-state index in [2.05, 4.69) is 22.5 Å². The highest BCUT2D eigenvalue weighted by atomic mass is 16.2. The molecule has 4 nitrogen and oxygen atoms in total. The second-order valence-corrected chi connectivity index (χ2v) is 4.94. The summed E-state index contributed by atoms with van der Waals surface area (Å²) in [6.45, 7) is 7.52. The molecule has 0 saturated carbocycles. The molecule has 0 aromatic heterocycles. The number of hydrogen-bond donors (Lipinski definition) is 2. The first-order valence-electron chi connectivity index (χ1n) is 6.53. The molecule has 2 saturated heterocycles. The van der Waals surface area contributed by atoms with Crippen LogP contribution in [0.3, 0.4) is 0 Å². The summed E-state index contributed by atoms with van der Waals surface area (Å²) in [5.74, 6) is 0.859. The van der Waals surface area contributed by atoms with Crippen molar-refractivity contribution in [2.75, 3.05) is 32.7 Å². The van der Waals surface area contributed by atoms with Gasteiger partial charge in [0.25, 0.3) is 0 Å². The van der Waals surface area contributed by atoms with E-state index in [-0.39, 0.29) is 11.9 Å². The van der Waals surface area contributed by atoms with Gasteiger partial charge >= 0.3 is 0 Å². The Labute approximate surface area is 97.8 Å². The molecule has 4 heteroatoms. The summed E-state index contributed by atoms with van der Waals surface area (Å²) in [6.07, 6.45) is 3.36. The molecule has 1 unspecified atom stereocenters. The fourth-order valence-electron chi connectivity index (χ4n) is 2.64. The first kappa shape index (κ1) is 11.9. The zero-order valence-corrected chi connectivity index (χ0v) is 10.2. The number of nitrogens with one attached hydrogen (secondary N) is 2. The Hall–Kier alpha value is -0.610. The molecule has 0 spiro atoms. The van der Waals surface area contributed by atoms with Crippen molar-refractivity contribution in [1.82, 2.24) is 15.5 Å². The molecule has 0 aromatic rings. The van der Waals surface area contributed by atoms with Gasteiger partial charge in [0.15, 0.2) is 0 Å². The van der Waals surface area contributed by atoms with E-state index in [1.165, 1.54) is 13.0 Å². The van der Waals surface area contributed by atoms with Gasteiger partial charge in [0.05, 0.1) is 6.04 Å². The first-order chi connectivity index (χ1) is 7.79. The predicted octanol–water partition coefficient (Wildman–Crippen LogP) is 0.196. The molecule has 0 aliphatic carbocycles. The van der Waals surface area contributed by atoms with Gasteiger partial charge in [-0.1, -0.05) is 6.92 Å². The molecule has 2 rings (SSSR count). The van der Waals surface area contributed by atoms with Crippen LogP contribution in [0.25, 0.3) is 0 Å². The molecule has 1 amide bonds. The maximum absolute atomic E-state index is 11.8. The Kier molecular flexibility index (Phi) is 4.18. The molecule has 2 fully saturated rings. The van der Waals surface area contributed by atoms with Gasteiger partial charge in [-0.05, 0) is 44.8 Å². The third-order valence-corrected chi connectivity index (χ3v) is 3.76. The first-order valence-corrected chi connectivity index (χ1v) is 6.53. The molecule has 2 aliphatic rings. The normalized spacial score (nSPS) is 30.8. The van der Waals surface area contributed by atoms with Crippen molar-refractivity contribution in [3.63, 3.8) is 0 Å². The highest BCUT2D eigenvalue weighted by Gasteiger charge is 2.25. The minimum absolute atomic E-state index is 0.0729. The maximum Gasteiger partial charge on any atom is 0.237 e. The highest BCUT2D eigenvalue weighted by molar-refractivity contribution is 5.81. The van der Waals surface area contributed by atoms with Gasteiger partial charge < -0.3 is 15.5 Å². The third kappa shape index (κ3) is 2.95. The van der Waals surface area contributed by atoms with Crippen molar-refractivity contribution in [2.24, 2.45) is 5.92 Å². The van der Waals surface area contributed by atoms with Crippen LogP contribution in [0, 0.1) is 5.92 Å². The van der Waals surface area contributed by atoms with E-state index in [1.807, 2.05) is 0 Å². The lowest BCUT2D eigenvalue weighted by Crippen LogP contribution is -2.42. The molecular formula is C12H23N3O. The van der Waals surface area contributed by atoms with Crippen LogP contribution in [0.4, 0.5) is 0 Å². The Balaban J connectivity index is 1.65. The lowest BCUT2D eigenvalue weighted by molar-refractivity contribution is -0.122. The lowest BCUT2D eigenvalue weighted by atomic mass is 10.1. The summed E-state index contributed by atoms with van der Waals surface area (Å²) in [5, 5.41) is 6.31. The number of rotatable bonds is 4. The van der Waals surface area contributed by atoms with E-state index < -0.39 is 0 Å². The van der Waals surface area contributed by atoms with Crippen molar-refractivity contribution >= 4 is 5.91 Å². The van der Waals surface area contributed by atoms with Crippen LogP contribution < -0.4 is 10.6 Å². The SMILES string of the molecule is CCN1CCC(CNC(=O)[C@H]2CCCN2)C1. The number of nitrogens with zero attached hydrogens (tertiary/aromatic N) is 1. The van der Waals surface area contributed by atoms with E-state index >= 15 is 0 Å². The van der Waals surface area contributed by atoms with Gasteiger partial charge in [0, 0.05) is 13.1 Å². The van der Waals surface area contributed by atoms with Crippen molar-refractivity contribution in [2.45, 2.75) is 32.2 Å². The van der Waals surface area contributed by atoms with Gasteiger partial charge in [-0.3, -0.25) is 4.79 Å². The summed E-state index contributed by atoms with van der Waals surface area (Å²) < 4.78 is 0. The topological polar surface area (TPSA) is 44.4 Å². The van der Waals surface area contributed by atoms with Gasteiger partial charge in [0.1, 0.15) is 0 Å². The predicted molar refractivity (Wildman–Crippen MR) is 64.3 cm³/mol. The summed E-state index contributed by atoms with van der Waals surface area (Å²) in [6, 6.07) is 0.0729. The van der Waals surface area contributed by atoms with Crippen LogP contribution in [0.2, 0.25) is 0 Å². The molecule has 2 atom stereocenters. The fourth-order valence-corrected chi connectivity index (χ4v) is 2.64. The van der Waals surface area contributed by atoms with Crippen LogP contribution >= 0.6 is 0 Å². The maximum atomic E-state index is 11.8.